The zero-order valence-electron chi connectivity index (χ0n) is 21.4. The summed E-state index contributed by atoms with van der Waals surface area (Å²) in [5.74, 6) is -1.79. The molecule has 2 atom stereocenters. The van der Waals surface area contributed by atoms with Gasteiger partial charge in [0.05, 0.1) is 40.0 Å². The first kappa shape index (κ1) is 29.5. The maximum absolute atomic E-state index is 14.4. The molecule has 2 aliphatic rings. The van der Waals surface area contributed by atoms with Crippen molar-refractivity contribution in [2.45, 2.75) is 70.5 Å². The Morgan fingerprint density at radius 1 is 1.21 bits per heavy atom. The van der Waals surface area contributed by atoms with Gasteiger partial charge in [-0.1, -0.05) is 42.3 Å². The van der Waals surface area contributed by atoms with Gasteiger partial charge in [0.1, 0.15) is 0 Å². The van der Waals surface area contributed by atoms with Crippen molar-refractivity contribution in [3.8, 4) is 0 Å². The van der Waals surface area contributed by atoms with Crippen molar-refractivity contribution < 1.29 is 33.0 Å². The number of halogens is 5. The van der Waals surface area contributed by atoms with Gasteiger partial charge in [-0.05, 0) is 39.0 Å². The number of aromatic nitrogens is 3. The summed E-state index contributed by atoms with van der Waals surface area (Å²) in [6.45, 7) is 6.76. The van der Waals surface area contributed by atoms with Crippen LogP contribution in [-0.4, -0.2) is 60.4 Å². The number of hydrogen-bond donors (Lipinski definition) is 2. The number of Topliss-reactive ketones (excluding diaryl/α,β-unsaturated/α-hetero) is 1. The number of carbonyl (C=O) groups excluding carboxylic acids is 2. The summed E-state index contributed by atoms with van der Waals surface area (Å²) in [6, 6.07) is -1.21. The SMILES string of the molecule is C=C(C)C1C[C@@H]1N(CC(=O)c1c(Cl)cncc1Cl)C(=O)c1cnn(C2CCC(C)(C(O)O)CC2)c1C(F)(F)F. The Balaban J connectivity index is 1.68. The molecule has 0 saturated heterocycles. The number of hydrogen-bond acceptors (Lipinski definition) is 6. The van der Waals surface area contributed by atoms with E-state index in [-0.39, 0.29) is 47.2 Å². The summed E-state index contributed by atoms with van der Waals surface area (Å²) in [5.41, 5.74) is -2.02. The van der Waals surface area contributed by atoms with Crippen molar-refractivity contribution in [2.24, 2.45) is 11.3 Å². The second-order valence-electron chi connectivity index (χ2n) is 10.7. The Hall–Kier alpha value is -2.47. The van der Waals surface area contributed by atoms with E-state index in [1.165, 1.54) is 12.4 Å². The molecule has 2 aromatic rings. The highest BCUT2D eigenvalue weighted by Gasteiger charge is 2.49. The molecule has 0 bridgehead atoms. The molecule has 2 saturated carbocycles. The number of pyridine rings is 1. The van der Waals surface area contributed by atoms with Crippen molar-refractivity contribution in [3.63, 3.8) is 0 Å². The minimum Gasteiger partial charge on any atom is -0.368 e. The first-order valence-corrected chi connectivity index (χ1v) is 13.2. The third-order valence-corrected chi connectivity index (χ3v) is 8.43. The second kappa shape index (κ2) is 10.8. The van der Waals surface area contributed by atoms with Gasteiger partial charge in [0, 0.05) is 29.8 Å². The van der Waals surface area contributed by atoms with Crippen LogP contribution in [0.2, 0.25) is 10.0 Å². The normalized spacial score (nSPS) is 25.0. The van der Waals surface area contributed by atoms with Crippen LogP contribution >= 0.6 is 23.2 Å². The van der Waals surface area contributed by atoms with E-state index < -0.39 is 59.5 Å². The smallest absolute Gasteiger partial charge is 0.368 e. The molecule has 2 N–H and O–H groups in total. The number of alkyl halides is 3. The molecule has 1 amide bonds. The molecule has 2 aromatic heterocycles. The molecule has 2 heterocycles. The largest absolute Gasteiger partial charge is 0.433 e. The highest BCUT2D eigenvalue weighted by atomic mass is 35.5. The summed E-state index contributed by atoms with van der Waals surface area (Å²) in [7, 11) is 0. The Kier molecular flexibility index (Phi) is 8.20. The third-order valence-electron chi connectivity index (χ3n) is 7.86. The van der Waals surface area contributed by atoms with E-state index >= 15 is 0 Å². The molecule has 2 fully saturated rings. The minimum atomic E-state index is -4.91. The van der Waals surface area contributed by atoms with E-state index in [9.17, 15) is 33.0 Å². The van der Waals surface area contributed by atoms with Gasteiger partial charge in [-0.3, -0.25) is 19.3 Å². The predicted molar refractivity (Wildman–Crippen MR) is 137 cm³/mol. The average molecular weight is 589 g/mol. The number of aliphatic hydroxyl groups is 2. The van der Waals surface area contributed by atoms with Crippen LogP contribution in [0.5, 0.6) is 0 Å². The molecule has 0 aromatic carbocycles. The minimum absolute atomic E-state index is 0.0340. The van der Waals surface area contributed by atoms with Crippen molar-refractivity contribution in [2.75, 3.05) is 6.54 Å². The molecular formula is C26H29Cl2F3N4O4. The number of carbonyl (C=O) groups is 2. The molecule has 39 heavy (non-hydrogen) atoms. The second-order valence-corrected chi connectivity index (χ2v) is 11.5. The first-order valence-electron chi connectivity index (χ1n) is 12.4. The van der Waals surface area contributed by atoms with Gasteiger partial charge in [-0.15, -0.1) is 0 Å². The van der Waals surface area contributed by atoms with Gasteiger partial charge in [-0.2, -0.15) is 18.3 Å². The molecule has 1 unspecified atom stereocenters. The molecule has 2 aliphatic carbocycles. The lowest BCUT2D eigenvalue weighted by molar-refractivity contribution is -0.152. The number of rotatable bonds is 8. The zero-order chi connectivity index (χ0) is 28.9. The molecule has 212 valence electrons. The zero-order valence-corrected chi connectivity index (χ0v) is 22.9. The highest BCUT2D eigenvalue weighted by Crippen LogP contribution is 2.46. The van der Waals surface area contributed by atoms with Crippen LogP contribution in [0.4, 0.5) is 13.2 Å². The van der Waals surface area contributed by atoms with Crippen molar-refractivity contribution >= 4 is 34.9 Å². The maximum Gasteiger partial charge on any atom is 0.433 e. The van der Waals surface area contributed by atoms with Crippen LogP contribution < -0.4 is 0 Å². The van der Waals surface area contributed by atoms with E-state index in [2.05, 4.69) is 16.7 Å². The predicted octanol–water partition coefficient (Wildman–Crippen LogP) is 5.33. The summed E-state index contributed by atoms with van der Waals surface area (Å²) < 4.78 is 44.1. The van der Waals surface area contributed by atoms with Crippen LogP contribution in [0, 0.1) is 11.3 Å². The van der Waals surface area contributed by atoms with Crippen LogP contribution in [0.3, 0.4) is 0 Å². The molecule has 13 heteroatoms. The lowest BCUT2D eigenvalue weighted by Crippen LogP contribution is -2.40. The number of ketones is 1. The molecule has 0 aliphatic heterocycles. The fraction of sp³-hybridized carbons (Fsp3) is 0.538. The molecular weight excluding hydrogens is 560 g/mol. The van der Waals surface area contributed by atoms with Crippen LogP contribution in [0.15, 0.2) is 30.7 Å². The lowest BCUT2D eigenvalue weighted by Gasteiger charge is -2.38. The summed E-state index contributed by atoms with van der Waals surface area (Å²) in [6.07, 6.45) is -1.75. The van der Waals surface area contributed by atoms with Crippen molar-refractivity contribution in [3.05, 3.63) is 57.6 Å². The van der Waals surface area contributed by atoms with Crippen LogP contribution in [-0.2, 0) is 6.18 Å². The topological polar surface area (TPSA) is 109 Å². The standard InChI is InChI=1S/C26H29Cl2F3N4O4/c1-13(2)15-8-19(15)34(12-20(36)21-17(27)10-32-11-18(21)28)23(37)16-9-33-35(22(16)26(29,30)31)14-4-6-25(3,7-5-14)24(38)39/h9-11,14-15,19,24,38-39H,1,4-8,12H2,2-3H3/t14?,15?,19-,25?/m0/s1. The van der Waals surface area contributed by atoms with E-state index in [1.807, 2.05) is 0 Å². The van der Waals surface area contributed by atoms with Gasteiger partial charge in [-0.25, -0.2) is 0 Å². The van der Waals surface area contributed by atoms with Gasteiger partial charge < -0.3 is 15.1 Å². The van der Waals surface area contributed by atoms with Crippen molar-refractivity contribution in [1.82, 2.24) is 19.7 Å². The average Bonchev–Trinajstić information content (AvgIpc) is 3.51. The molecule has 0 spiro atoms. The monoisotopic (exact) mass is 588 g/mol. The molecule has 0 radical (unpaired) electrons. The van der Waals surface area contributed by atoms with Crippen LogP contribution in [0.25, 0.3) is 0 Å². The number of nitrogens with zero attached hydrogens (tertiary/aromatic N) is 4. The maximum atomic E-state index is 14.4. The van der Waals surface area contributed by atoms with Gasteiger partial charge in [0.15, 0.2) is 17.8 Å². The van der Waals surface area contributed by atoms with E-state index in [1.54, 1.807) is 13.8 Å². The quantitative estimate of drug-likeness (QED) is 0.245. The summed E-state index contributed by atoms with van der Waals surface area (Å²) in [5, 5.41) is 23.2. The number of aliphatic hydroxyl groups excluding tert-OH is 1. The highest BCUT2D eigenvalue weighted by molar-refractivity contribution is 6.39. The number of amides is 1. The Labute approximate surface area is 233 Å². The van der Waals surface area contributed by atoms with Gasteiger partial charge in [0.2, 0.25) is 0 Å². The Morgan fingerprint density at radius 2 is 1.79 bits per heavy atom. The van der Waals surface area contributed by atoms with E-state index in [0.717, 1.165) is 21.4 Å². The summed E-state index contributed by atoms with van der Waals surface area (Å²) in [4.78, 5) is 31.8. The molecule has 4 rings (SSSR count). The lowest BCUT2D eigenvalue weighted by atomic mass is 9.73. The third kappa shape index (κ3) is 5.86. The van der Waals surface area contributed by atoms with Crippen LogP contribution in [0.1, 0.15) is 78.4 Å². The fourth-order valence-electron chi connectivity index (χ4n) is 5.30. The first-order chi connectivity index (χ1) is 18.2. The van der Waals surface area contributed by atoms with Gasteiger partial charge >= 0.3 is 6.18 Å². The van der Waals surface area contributed by atoms with E-state index in [4.69, 9.17) is 23.2 Å². The Morgan fingerprint density at radius 3 is 2.28 bits per heavy atom. The van der Waals surface area contributed by atoms with E-state index in [0.29, 0.717) is 6.42 Å². The Bertz CT molecular complexity index is 1270. The molecule has 8 nitrogen and oxygen atoms in total. The van der Waals surface area contributed by atoms with Crippen molar-refractivity contribution in [1.29, 1.82) is 0 Å². The van der Waals surface area contributed by atoms with Gasteiger partial charge in [0.25, 0.3) is 5.91 Å². The fourth-order valence-corrected chi connectivity index (χ4v) is 5.88. The summed E-state index contributed by atoms with van der Waals surface area (Å²) >= 11 is 12.2.